The van der Waals surface area contributed by atoms with Gasteiger partial charge in [0.2, 0.25) is 0 Å². The van der Waals surface area contributed by atoms with Gasteiger partial charge in [-0.2, -0.15) is 0 Å². The van der Waals surface area contributed by atoms with E-state index in [9.17, 15) is 13.2 Å². The van der Waals surface area contributed by atoms with Crippen LogP contribution in [0.2, 0.25) is 0 Å². The van der Waals surface area contributed by atoms with Gasteiger partial charge in [0.1, 0.15) is 5.75 Å². The van der Waals surface area contributed by atoms with Crippen LogP contribution >= 0.6 is 22.6 Å². The first kappa shape index (κ1) is 14.2. The number of alkyl halides is 3. The molecule has 2 aromatic rings. The zero-order valence-corrected chi connectivity index (χ0v) is 12.1. The SMILES string of the molecule is Cc1cc(I)cc(-c2ccccc2OC(F)(F)F)c1. The van der Waals surface area contributed by atoms with Crippen LogP contribution in [0.5, 0.6) is 5.75 Å². The number of rotatable bonds is 2. The minimum Gasteiger partial charge on any atom is -0.405 e. The summed E-state index contributed by atoms with van der Waals surface area (Å²) in [6.45, 7) is 1.90. The average Bonchev–Trinajstić information content (AvgIpc) is 2.26. The Labute approximate surface area is 122 Å². The molecule has 0 saturated carbocycles. The van der Waals surface area contributed by atoms with E-state index in [0.717, 1.165) is 9.13 Å². The first-order valence-electron chi connectivity index (χ1n) is 5.47. The van der Waals surface area contributed by atoms with Crippen molar-refractivity contribution in [2.45, 2.75) is 13.3 Å². The topological polar surface area (TPSA) is 9.23 Å². The van der Waals surface area contributed by atoms with Gasteiger partial charge in [0.05, 0.1) is 0 Å². The van der Waals surface area contributed by atoms with Gasteiger partial charge in [0.15, 0.2) is 0 Å². The quantitative estimate of drug-likeness (QED) is 0.656. The zero-order valence-electron chi connectivity index (χ0n) is 9.96. The van der Waals surface area contributed by atoms with Crippen molar-refractivity contribution in [1.82, 2.24) is 0 Å². The van der Waals surface area contributed by atoms with Crippen molar-refractivity contribution in [3.05, 3.63) is 51.6 Å². The maximum atomic E-state index is 12.4. The smallest absolute Gasteiger partial charge is 0.405 e. The summed E-state index contributed by atoms with van der Waals surface area (Å²) in [6.07, 6.45) is -4.69. The lowest BCUT2D eigenvalue weighted by molar-refractivity contribution is -0.274. The molecule has 19 heavy (non-hydrogen) atoms. The van der Waals surface area contributed by atoms with Crippen LogP contribution in [0.1, 0.15) is 5.56 Å². The van der Waals surface area contributed by atoms with Crippen LogP contribution in [0.15, 0.2) is 42.5 Å². The fourth-order valence-electron chi connectivity index (χ4n) is 1.81. The van der Waals surface area contributed by atoms with Crippen LogP contribution < -0.4 is 4.74 Å². The van der Waals surface area contributed by atoms with Crippen LogP contribution in [0.25, 0.3) is 11.1 Å². The molecule has 1 nitrogen and oxygen atoms in total. The Morgan fingerprint density at radius 1 is 1.05 bits per heavy atom. The molecule has 0 radical (unpaired) electrons. The number of para-hydroxylation sites is 1. The summed E-state index contributed by atoms with van der Waals surface area (Å²) < 4.78 is 42.1. The second-order valence-electron chi connectivity index (χ2n) is 4.06. The van der Waals surface area contributed by atoms with Crippen molar-refractivity contribution in [3.8, 4) is 16.9 Å². The second kappa shape index (κ2) is 5.40. The van der Waals surface area contributed by atoms with E-state index in [1.54, 1.807) is 12.1 Å². The van der Waals surface area contributed by atoms with Crippen molar-refractivity contribution in [2.75, 3.05) is 0 Å². The fourth-order valence-corrected chi connectivity index (χ4v) is 2.64. The van der Waals surface area contributed by atoms with Crippen molar-refractivity contribution in [2.24, 2.45) is 0 Å². The highest BCUT2D eigenvalue weighted by Crippen LogP contribution is 2.34. The molecule has 0 amide bonds. The van der Waals surface area contributed by atoms with Crippen LogP contribution in [-0.4, -0.2) is 6.36 Å². The van der Waals surface area contributed by atoms with Gasteiger partial charge >= 0.3 is 6.36 Å². The molecule has 0 heterocycles. The maximum Gasteiger partial charge on any atom is 0.573 e. The molecule has 0 aliphatic carbocycles. The van der Waals surface area contributed by atoms with E-state index in [0.29, 0.717) is 11.1 Å². The molecule has 0 fully saturated rings. The van der Waals surface area contributed by atoms with Crippen LogP contribution in [0, 0.1) is 10.5 Å². The van der Waals surface area contributed by atoms with Gasteiger partial charge in [-0.3, -0.25) is 0 Å². The lowest BCUT2D eigenvalue weighted by Gasteiger charge is -2.13. The molecule has 0 aliphatic heterocycles. The third kappa shape index (κ3) is 3.86. The fraction of sp³-hybridized carbons (Fsp3) is 0.143. The van der Waals surface area contributed by atoms with Gasteiger partial charge in [-0.15, -0.1) is 13.2 Å². The Bertz CT molecular complexity index is 573. The second-order valence-corrected chi connectivity index (χ2v) is 5.31. The van der Waals surface area contributed by atoms with Crippen LogP contribution in [-0.2, 0) is 0 Å². The highest BCUT2D eigenvalue weighted by molar-refractivity contribution is 14.1. The van der Waals surface area contributed by atoms with Crippen molar-refractivity contribution in [1.29, 1.82) is 0 Å². The standard InChI is InChI=1S/C14H10F3IO/c1-9-6-10(8-11(18)7-9)12-4-2-3-5-13(12)19-14(15,16)17/h2-8H,1H3. The number of hydrogen-bond donors (Lipinski definition) is 0. The normalized spacial score (nSPS) is 11.4. The molecular formula is C14H10F3IO. The maximum absolute atomic E-state index is 12.4. The minimum atomic E-state index is -4.69. The molecule has 0 aromatic heterocycles. The molecule has 5 heteroatoms. The molecule has 0 bridgehead atoms. The molecule has 0 unspecified atom stereocenters. The Hall–Kier alpha value is -1.24. The molecular weight excluding hydrogens is 368 g/mol. The zero-order chi connectivity index (χ0) is 14.0. The average molecular weight is 378 g/mol. The number of hydrogen-bond acceptors (Lipinski definition) is 1. The molecule has 0 spiro atoms. The summed E-state index contributed by atoms with van der Waals surface area (Å²) in [5.41, 5.74) is 2.13. The first-order chi connectivity index (χ1) is 8.85. The van der Waals surface area contributed by atoms with Gasteiger partial charge in [0.25, 0.3) is 0 Å². The van der Waals surface area contributed by atoms with Gasteiger partial charge in [0, 0.05) is 9.13 Å². The highest BCUT2D eigenvalue weighted by Gasteiger charge is 2.32. The third-order valence-electron chi connectivity index (χ3n) is 2.47. The number of halogens is 4. The predicted molar refractivity (Wildman–Crippen MR) is 76.0 cm³/mol. The monoisotopic (exact) mass is 378 g/mol. The molecule has 0 atom stereocenters. The number of aryl methyl sites for hydroxylation is 1. The van der Waals surface area contributed by atoms with E-state index in [-0.39, 0.29) is 5.75 Å². The Balaban J connectivity index is 2.50. The number of benzene rings is 2. The Morgan fingerprint density at radius 3 is 2.37 bits per heavy atom. The molecule has 2 rings (SSSR count). The summed E-state index contributed by atoms with van der Waals surface area (Å²) in [5.74, 6) is -0.184. The summed E-state index contributed by atoms with van der Waals surface area (Å²) >= 11 is 2.13. The lowest BCUT2D eigenvalue weighted by atomic mass is 10.0. The summed E-state index contributed by atoms with van der Waals surface area (Å²) in [7, 11) is 0. The minimum absolute atomic E-state index is 0.184. The van der Waals surface area contributed by atoms with E-state index >= 15 is 0 Å². The summed E-state index contributed by atoms with van der Waals surface area (Å²) in [4.78, 5) is 0. The third-order valence-corrected chi connectivity index (χ3v) is 3.09. The van der Waals surface area contributed by atoms with Crippen molar-refractivity contribution in [3.63, 3.8) is 0 Å². The van der Waals surface area contributed by atoms with Crippen LogP contribution in [0.3, 0.4) is 0 Å². The van der Waals surface area contributed by atoms with E-state index in [2.05, 4.69) is 27.3 Å². The first-order valence-corrected chi connectivity index (χ1v) is 6.55. The van der Waals surface area contributed by atoms with E-state index in [4.69, 9.17) is 0 Å². The Kier molecular flexibility index (Phi) is 4.03. The number of ether oxygens (including phenoxy) is 1. The molecule has 0 aliphatic rings. The van der Waals surface area contributed by atoms with E-state index < -0.39 is 6.36 Å². The summed E-state index contributed by atoms with van der Waals surface area (Å²) in [5, 5.41) is 0. The molecule has 0 saturated heterocycles. The van der Waals surface area contributed by atoms with Crippen molar-refractivity contribution >= 4 is 22.6 Å². The van der Waals surface area contributed by atoms with E-state index in [1.807, 2.05) is 25.1 Å². The predicted octanol–water partition coefficient (Wildman–Crippen LogP) is 5.17. The van der Waals surface area contributed by atoms with E-state index in [1.165, 1.54) is 12.1 Å². The van der Waals surface area contributed by atoms with Crippen molar-refractivity contribution < 1.29 is 17.9 Å². The largest absolute Gasteiger partial charge is 0.573 e. The van der Waals surface area contributed by atoms with Gasteiger partial charge in [-0.1, -0.05) is 24.3 Å². The molecule has 100 valence electrons. The summed E-state index contributed by atoms with van der Waals surface area (Å²) in [6, 6.07) is 11.8. The highest BCUT2D eigenvalue weighted by atomic mass is 127. The van der Waals surface area contributed by atoms with Crippen LogP contribution in [0.4, 0.5) is 13.2 Å². The molecule has 0 N–H and O–H groups in total. The molecule has 2 aromatic carbocycles. The van der Waals surface area contributed by atoms with Gasteiger partial charge in [-0.05, 0) is 58.8 Å². The van der Waals surface area contributed by atoms with Gasteiger partial charge in [-0.25, -0.2) is 0 Å². The Morgan fingerprint density at radius 2 is 1.74 bits per heavy atom. The van der Waals surface area contributed by atoms with Gasteiger partial charge < -0.3 is 4.74 Å². The lowest BCUT2D eigenvalue weighted by Crippen LogP contribution is -2.17.